The summed E-state index contributed by atoms with van der Waals surface area (Å²) in [6.45, 7) is 1.61. The topological polar surface area (TPSA) is 55.4 Å². The van der Waals surface area contributed by atoms with Crippen LogP contribution in [0, 0.1) is 5.82 Å². The van der Waals surface area contributed by atoms with Crippen molar-refractivity contribution in [2.75, 3.05) is 6.61 Å². The zero-order chi connectivity index (χ0) is 18.1. The van der Waals surface area contributed by atoms with Crippen molar-refractivity contribution in [3.05, 3.63) is 71.5 Å². The fourth-order valence-corrected chi connectivity index (χ4v) is 2.38. The van der Waals surface area contributed by atoms with Gasteiger partial charge in [0.05, 0.1) is 6.42 Å². The van der Waals surface area contributed by atoms with Crippen LogP contribution in [0.2, 0.25) is 0 Å². The molecule has 0 spiro atoms. The third-order valence-corrected chi connectivity index (χ3v) is 3.74. The predicted molar refractivity (Wildman–Crippen MR) is 93.4 cm³/mol. The number of hydrogen-bond acceptors (Lipinski definition) is 3. The highest BCUT2D eigenvalue weighted by Crippen LogP contribution is 2.06. The van der Waals surface area contributed by atoms with Gasteiger partial charge in [-0.1, -0.05) is 42.5 Å². The summed E-state index contributed by atoms with van der Waals surface area (Å²) in [6.07, 6.45) is 1.68. The first-order valence-electron chi connectivity index (χ1n) is 8.26. The molecule has 25 heavy (non-hydrogen) atoms. The van der Waals surface area contributed by atoms with Crippen molar-refractivity contribution in [1.82, 2.24) is 5.32 Å². The van der Waals surface area contributed by atoms with Crippen LogP contribution < -0.4 is 5.32 Å². The second-order valence-electron chi connectivity index (χ2n) is 5.96. The van der Waals surface area contributed by atoms with Gasteiger partial charge in [0, 0.05) is 6.04 Å². The van der Waals surface area contributed by atoms with E-state index in [0.717, 1.165) is 12.8 Å². The number of hydrogen-bond donors (Lipinski definition) is 1. The lowest BCUT2D eigenvalue weighted by atomic mass is 10.1. The quantitative estimate of drug-likeness (QED) is 0.750. The van der Waals surface area contributed by atoms with Crippen molar-refractivity contribution >= 4 is 11.9 Å². The summed E-state index contributed by atoms with van der Waals surface area (Å²) in [5, 5.41) is 2.81. The predicted octanol–water partition coefficient (Wildman–Crippen LogP) is 3.05. The Morgan fingerprint density at radius 3 is 2.40 bits per heavy atom. The van der Waals surface area contributed by atoms with Gasteiger partial charge in [0.1, 0.15) is 5.82 Å². The molecule has 0 heterocycles. The molecule has 5 heteroatoms. The van der Waals surface area contributed by atoms with Gasteiger partial charge in [-0.15, -0.1) is 0 Å². The molecule has 132 valence electrons. The van der Waals surface area contributed by atoms with Crippen molar-refractivity contribution in [2.24, 2.45) is 0 Å². The summed E-state index contributed by atoms with van der Waals surface area (Å²) in [5.41, 5.74) is 1.86. The van der Waals surface area contributed by atoms with Crippen LogP contribution in [0.1, 0.15) is 24.5 Å². The average molecular weight is 343 g/mol. The molecule has 0 aliphatic carbocycles. The Kier molecular flexibility index (Phi) is 7.14. The number of benzene rings is 2. The average Bonchev–Trinajstić information content (AvgIpc) is 2.61. The molecule has 0 aliphatic heterocycles. The van der Waals surface area contributed by atoms with Gasteiger partial charge in [-0.2, -0.15) is 0 Å². The van der Waals surface area contributed by atoms with Crippen LogP contribution in [0.15, 0.2) is 54.6 Å². The molecule has 0 bridgehead atoms. The van der Waals surface area contributed by atoms with Crippen LogP contribution in [0.3, 0.4) is 0 Å². The molecule has 0 saturated heterocycles. The maximum absolute atomic E-state index is 12.8. The van der Waals surface area contributed by atoms with E-state index >= 15 is 0 Å². The Bertz CT molecular complexity index is 686. The second kappa shape index (κ2) is 9.57. The molecule has 0 fully saturated rings. The van der Waals surface area contributed by atoms with E-state index in [2.05, 4.69) is 5.32 Å². The van der Waals surface area contributed by atoms with Crippen molar-refractivity contribution < 1.29 is 18.7 Å². The Balaban J connectivity index is 1.65. The molecule has 2 aromatic rings. The van der Waals surface area contributed by atoms with Crippen molar-refractivity contribution in [3.8, 4) is 0 Å². The number of halogens is 1. The van der Waals surface area contributed by atoms with Gasteiger partial charge in [-0.25, -0.2) is 4.39 Å². The van der Waals surface area contributed by atoms with Crippen LogP contribution >= 0.6 is 0 Å². The lowest BCUT2D eigenvalue weighted by Gasteiger charge is -2.14. The highest BCUT2D eigenvalue weighted by molar-refractivity contribution is 5.81. The van der Waals surface area contributed by atoms with E-state index in [9.17, 15) is 14.0 Å². The van der Waals surface area contributed by atoms with E-state index in [1.165, 1.54) is 29.8 Å². The van der Waals surface area contributed by atoms with E-state index in [4.69, 9.17) is 4.74 Å². The zero-order valence-corrected chi connectivity index (χ0v) is 14.2. The van der Waals surface area contributed by atoms with Crippen LogP contribution in [0.25, 0.3) is 0 Å². The molecule has 0 unspecified atom stereocenters. The molecule has 2 aromatic carbocycles. The maximum atomic E-state index is 12.8. The maximum Gasteiger partial charge on any atom is 0.310 e. The fourth-order valence-electron chi connectivity index (χ4n) is 2.38. The number of carbonyl (C=O) groups excluding carboxylic acids is 2. The Labute approximate surface area is 147 Å². The molecule has 4 nitrogen and oxygen atoms in total. The number of amides is 1. The number of carbonyl (C=O) groups is 2. The molecular weight excluding hydrogens is 321 g/mol. The molecule has 0 aliphatic rings. The summed E-state index contributed by atoms with van der Waals surface area (Å²) in [6, 6.07) is 15.6. The monoisotopic (exact) mass is 343 g/mol. The first-order chi connectivity index (χ1) is 12.0. The summed E-state index contributed by atoms with van der Waals surface area (Å²) in [4.78, 5) is 23.5. The number of nitrogens with one attached hydrogen (secondary N) is 1. The highest BCUT2D eigenvalue weighted by atomic mass is 19.1. The molecule has 0 saturated carbocycles. The summed E-state index contributed by atoms with van der Waals surface area (Å²) in [7, 11) is 0. The van der Waals surface area contributed by atoms with Crippen LogP contribution in [-0.2, 0) is 27.2 Å². The number of esters is 1. The second-order valence-corrected chi connectivity index (χ2v) is 5.96. The van der Waals surface area contributed by atoms with Gasteiger partial charge in [0.15, 0.2) is 6.61 Å². The smallest absolute Gasteiger partial charge is 0.310 e. The minimum atomic E-state index is -0.515. The van der Waals surface area contributed by atoms with E-state index in [-0.39, 0.29) is 30.8 Å². The van der Waals surface area contributed by atoms with Crippen molar-refractivity contribution in [2.45, 2.75) is 32.2 Å². The summed E-state index contributed by atoms with van der Waals surface area (Å²) < 4.78 is 17.8. The fraction of sp³-hybridized carbons (Fsp3) is 0.300. The Morgan fingerprint density at radius 2 is 1.72 bits per heavy atom. The Morgan fingerprint density at radius 1 is 1.04 bits per heavy atom. The minimum Gasteiger partial charge on any atom is -0.455 e. The van der Waals surface area contributed by atoms with Gasteiger partial charge >= 0.3 is 5.97 Å². The lowest BCUT2D eigenvalue weighted by Crippen LogP contribution is -2.36. The molecule has 0 aromatic heterocycles. The molecule has 1 atom stereocenters. The lowest BCUT2D eigenvalue weighted by molar-refractivity contribution is -0.148. The van der Waals surface area contributed by atoms with Crippen LogP contribution in [-0.4, -0.2) is 24.5 Å². The number of aryl methyl sites for hydroxylation is 1. The third-order valence-electron chi connectivity index (χ3n) is 3.74. The van der Waals surface area contributed by atoms with E-state index in [1.54, 1.807) is 0 Å². The zero-order valence-electron chi connectivity index (χ0n) is 14.2. The molecular formula is C20H22FNO3. The van der Waals surface area contributed by atoms with Gasteiger partial charge in [0.25, 0.3) is 5.91 Å². The van der Waals surface area contributed by atoms with Crippen LogP contribution in [0.4, 0.5) is 4.39 Å². The number of ether oxygens (including phenoxy) is 1. The van der Waals surface area contributed by atoms with Gasteiger partial charge in [0.2, 0.25) is 0 Å². The van der Waals surface area contributed by atoms with E-state index < -0.39 is 5.97 Å². The van der Waals surface area contributed by atoms with Gasteiger partial charge in [-0.3, -0.25) is 9.59 Å². The molecule has 0 radical (unpaired) electrons. The van der Waals surface area contributed by atoms with E-state index in [0.29, 0.717) is 5.56 Å². The minimum absolute atomic E-state index is 0.0106. The molecule has 1 N–H and O–H groups in total. The number of rotatable bonds is 8. The van der Waals surface area contributed by atoms with Gasteiger partial charge in [-0.05, 0) is 43.0 Å². The summed E-state index contributed by atoms with van der Waals surface area (Å²) >= 11 is 0. The van der Waals surface area contributed by atoms with Crippen molar-refractivity contribution in [1.29, 1.82) is 0 Å². The SMILES string of the molecule is C[C@H](CCc1ccccc1)NC(=O)COC(=O)Cc1ccc(F)cc1. The molecule has 2 rings (SSSR count). The largest absolute Gasteiger partial charge is 0.455 e. The van der Waals surface area contributed by atoms with Gasteiger partial charge < -0.3 is 10.1 Å². The van der Waals surface area contributed by atoms with Crippen LogP contribution in [0.5, 0.6) is 0 Å². The first-order valence-corrected chi connectivity index (χ1v) is 8.26. The first kappa shape index (κ1) is 18.6. The van der Waals surface area contributed by atoms with Crippen molar-refractivity contribution in [3.63, 3.8) is 0 Å². The standard InChI is InChI=1S/C20H22FNO3/c1-15(7-8-16-5-3-2-4-6-16)22-19(23)14-25-20(24)13-17-9-11-18(21)12-10-17/h2-6,9-12,15H,7-8,13-14H2,1H3,(H,22,23)/t15-/m1/s1. The highest BCUT2D eigenvalue weighted by Gasteiger charge is 2.11. The van der Waals surface area contributed by atoms with E-state index in [1.807, 2.05) is 37.3 Å². The summed E-state index contributed by atoms with van der Waals surface area (Å²) in [5.74, 6) is -1.20. The third kappa shape index (κ3) is 7.16. The Hall–Kier alpha value is -2.69. The molecule has 1 amide bonds. The normalized spacial score (nSPS) is 11.6.